The standard InChI is InChI=1S/C15H20N2O4/c1-10-9-11(3-4-12(10)13(18)20-2)17-14(19)15(16)5-7-21-8-6-15/h3-4,9H,5-8,16H2,1-2H3,(H,17,19). The summed E-state index contributed by atoms with van der Waals surface area (Å²) in [4.78, 5) is 23.8. The molecule has 0 spiro atoms. The third-order valence-electron chi connectivity index (χ3n) is 3.73. The number of amides is 1. The van der Waals surface area contributed by atoms with E-state index in [1.165, 1.54) is 7.11 Å². The van der Waals surface area contributed by atoms with E-state index in [2.05, 4.69) is 10.1 Å². The lowest BCUT2D eigenvalue weighted by Gasteiger charge is -2.31. The maximum atomic E-state index is 12.3. The first kappa shape index (κ1) is 15.5. The molecule has 1 heterocycles. The van der Waals surface area contributed by atoms with Crippen LogP contribution in [0, 0.1) is 6.92 Å². The van der Waals surface area contributed by atoms with Crippen molar-refractivity contribution in [3.63, 3.8) is 0 Å². The topological polar surface area (TPSA) is 90.7 Å². The van der Waals surface area contributed by atoms with E-state index < -0.39 is 11.5 Å². The molecule has 1 saturated heterocycles. The van der Waals surface area contributed by atoms with E-state index in [0.717, 1.165) is 5.56 Å². The molecular formula is C15H20N2O4. The number of hydrogen-bond donors (Lipinski definition) is 2. The van der Waals surface area contributed by atoms with Crippen molar-refractivity contribution in [1.29, 1.82) is 0 Å². The second kappa shape index (κ2) is 6.24. The average Bonchev–Trinajstić information content (AvgIpc) is 2.47. The number of rotatable bonds is 3. The molecule has 1 aromatic carbocycles. The average molecular weight is 292 g/mol. The Hall–Kier alpha value is -1.92. The molecule has 1 aliphatic heterocycles. The number of methoxy groups -OCH3 is 1. The van der Waals surface area contributed by atoms with Gasteiger partial charge in [-0.15, -0.1) is 0 Å². The number of nitrogens with one attached hydrogen (secondary N) is 1. The highest BCUT2D eigenvalue weighted by molar-refractivity contribution is 5.99. The lowest BCUT2D eigenvalue weighted by molar-refractivity contribution is -0.124. The second-order valence-electron chi connectivity index (χ2n) is 5.24. The zero-order chi connectivity index (χ0) is 15.5. The molecule has 21 heavy (non-hydrogen) atoms. The number of carbonyl (C=O) groups is 2. The van der Waals surface area contributed by atoms with Gasteiger partial charge in [0.15, 0.2) is 0 Å². The summed E-state index contributed by atoms with van der Waals surface area (Å²) in [6.45, 7) is 2.77. The first-order chi connectivity index (χ1) is 9.96. The summed E-state index contributed by atoms with van der Waals surface area (Å²) in [5.74, 6) is -0.624. The Kier molecular flexibility index (Phi) is 4.59. The molecule has 6 nitrogen and oxygen atoms in total. The van der Waals surface area contributed by atoms with Gasteiger partial charge in [0, 0.05) is 18.9 Å². The van der Waals surface area contributed by atoms with E-state index in [-0.39, 0.29) is 5.91 Å². The van der Waals surface area contributed by atoms with Crippen molar-refractivity contribution in [2.75, 3.05) is 25.6 Å². The predicted molar refractivity (Wildman–Crippen MR) is 78.1 cm³/mol. The highest BCUT2D eigenvalue weighted by Crippen LogP contribution is 2.21. The minimum absolute atomic E-state index is 0.226. The molecule has 1 aliphatic rings. The van der Waals surface area contributed by atoms with Crippen molar-refractivity contribution in [3.05, 3.63) is 29.3 Å². The van der Waals surface area contributed by atoms with Gasteiger partial charge in [0.05, 0.1) is 12.7 Å². The van der Waals surface area contributed by atoms with Crippen molar-refractivity contribution in [2.45, 2.75) is 25.3 Å². The van der Waals surface area contributed by atoms with E-state index in [4.69, 9.17) is 10.5 Å². The monoisotopic (exact) mass is 292 g/mol. The summed E-state index contributed by atoms with van der Waals surface area (Å²) in [6, 6.07) is 5.02. The van der Waals surface area contributed by atoms with Gasteiger partial charge >= 0.3 is 5.97 Å². The van der Waals surface area contributed by atoms with E-state index in [1.54, 1.807) is 25.1 Å². The van der Waals surface area contributed by atoms with Crippen molar-refractivity contribution in [3.8, 4) is 0 Å². The van der Waals surface area contributed by atoms with Crippen LogP contribution in [-0.2, 0) is 14.3 Å². The minimum Gasteiger partial charge on any atom is -0.465 e. The summed E-state index contributed by atoms with van der Waals surface area (Å²) in [5.41, 5.74) is 7.05. The molecule has 114 valence electrons. The summed E-state index contributed by atoms with van der Waals surface area (Å²) >= 11 is 0. The number of anilines is 1. The van der Waals surface area contributed by atoms with Crippen molar-refractivity contribution >= 4 is 17.6 Å². The number of esters is 1. The predicted octanol–water partition coefficient (Wildman–Crippen LogP) is 1.23. The zero-order valence-electron chi connectivity index (χ0n) is 12.3. The summed E-state index contributed by atoms with van der Waals surface area (Å²) < 4.78 is 9.92. The Morgan fingerprint density at radius 3 is 2.57 bits per heavy atom. The van der Waals surface area contributed by atoms with Crippen LogP contribution in [-0.4, -0.2) is 37.7 Å². The Morgan fingerprint density at radius 2 is 2.00 bits per heavy atom. The van der Waals surface area contributed by atoms with Gasteiger partial charge in [-0.1, -0.05) is 0 Å². The SMILES string of the molecule is COC(=O)c1ccc(NC(=O)C2(N)CCOCC2)cc1C. The Labute approximate surface area is 123 Å². The first-order valence-electron chi connectivity index (χ1n) is 6.83. The van der Waals surface area contributed by atoms with Crippen LogP contribution in [0.3, 0.4) is 0 Å². The Bertz CT molecular complexity index is 551. The molecule has 0 aromatic heterocycles. The van der Waals surface area contributed by atoms with Gasteiger partial charge in [-0.3, -0.25) is 4.79 Å². The molecule has 1 aromatic rings. The number of nitrogens with two attached hydrogens (primary N) is 1. The number of benzene rings is 1. The Balaban J connectivity index is 2.11. The molecule has 3 N–H and O–H groups in total. The second-order valence-corrected chi connectivity index (χ2v) is 5.24. The normalized spacial score (nSPS) is 17.1. The van der Waals surface area contributed by atoms with Crippen molar-refractivity contribution in [2.24, 2.45) is 5.73 Å². The molecule has 0 radical (unpaired) electrons. The van der Waals surface area contributed by atoms with Gasteiger partial charge in [0.2, 0.25) is 5.91 Å². The van der Waals surface area contributed by atoms with E-state index in [9.17, 15) is 9.59 Å². The van der Waals surface area contributed by atoms with E-state index >= 15 is 0 Å². The summed E-state index contributed by atoms with van der Waals surface area (Å²) in [5, 5.41) is 2.81. The number of aryl methyl sites for hydroxylation is 1. The fourth-order valence-electron chi connectivity index (χ4n) is 2.30. The lowest BCUT2D eigenvalue weighted by Crippen LogP contribution is -2.54. The molecule has 1 fully saturated rings. The van der Waals surface area contributed by atoms with Gasteiger partial charge in [0.1, 0.15) is 5.54 Å². The highest BCUT2D eigenvalue weighted by atomic mass is 16.5. The van der Waals surface area contributed by atoms with Crippen LogP contribution >= 0.6 is 0 Å². The molecular weight excluding hydrogens is 272 g/mol. The van der Waals surface area contributed by atoms with E-state index in [1.807, 2.05) is 0 Å². The van der Waals surface area contributed by atoms with Crippen LogP contribution < -0.4 is 11.1 Å². The summed E-state index contributed by atoms with van der Waals surface area (Å²) in [7, 11) is 1.33. The molecule has 0 unspecified atom stereocenters. The number of hydrogen-bond acceptors (Lipinski definition) is 5. The van der Waals surface area contributed by atoms with Crippen LogP contribution in [0.5, 0.6) is 0 Å². The van der Waals surface area contributed by atoms with Gasteiger partial charge < -0.3 is 20.5 Å². The highest BCUT2D eigenvalue weighted by Gasteiger charge is 2.35. The van der Waals surface area contributed by atoms with Gasteiger partial charge in [0.25, 0.3) is 0 Å². The molecule has 0 atom stereocenters. The quantitative estimate of drug-likeness (QED) is 0.818. The maximum absolute atomic E-state index is 12.3. The number of ether oxygens (including phenoxy) is 2. The van der Waals surface area contributed by atoms with Crippen LogP contribution in [0.25, 0.3) is 0 Å². The van der Waals surface area contributed by atoms with Gasteiger partial charge in [-0.25, -0.2) is 4.79 Å². The van der Waals surface area contributed by atoms with Crippen LogP contribution in [0.2, 0.25) is 0 Å². The van der Waals surface area contributed by atoms with Crippen molar-refractivity contribution in [1.82, 2.24) is 0 Å². The van der Waals surface area contributed by atoms with Gasteiger partial charge in [-0.2, -0.15) is 0 Å². The smallest absolute Gasteiger partial charge is 0.338 e. The first-order valence-corrected chi connectivity index (χ1v) is 6.83. The Morgan fingerprint density at radius 1 is 1.33 bits per heavy atom. The molecule has 0 aliphatic carbocycles. The molecule has 6 heteroatoms. The molecule has 1 amide bonds. The fourth-order valence-corrected chi connectivity index (χ4v) is 2.30. The van der Waals surface area contributed by atoms with Crippen LogP contribution in [0.1, 0.15) is 28.8 Å². The molecule has 2 rings (SSSR count). The van der Waals surface area contributed by atoms with Crippen molar-refractivity contribution < 1.29 is 19.1 Å². The molecule has 0 saturated carbocycles. The maximum Gasteiger partial charge on any atom is 0.338 e. The number of carbonyl (C=O) groups excluding carboxylic acids is 2. The van der Waals surface area contributed by atoms with Gasteiger partial charge in [-0.05, 0) is 43.5 Å². The lowest BCUT2D eigenvalue weighted by atomic mass is 9.90. The zero-order valence-corrected chi connectivity index (χ0v) is 12.3. The third-order valence-corrected chi connectivity index (χ3v) is 3.73. The van der Waals surface area contributed by atoms with Crippen LogP contribution in [0.4, 0.5) is 5.69 Å². The molecule has 0 bridgehead atoms. The minimum atomic E-state index is -0.896. The van der Waals surface area contributed by atoms with Crippen LogP contribution in [0.15, 0.2) is 18.2 Å². The fraction of sp³-hybridized carbons (Fsp3) is 0.467. The van der Waals surface area contributed by atoms with E-state index in [0.29, 0.717) is 37.3 Å². The summed E-state index contributed by atoms with van der Waals surface area (Å²) in [6.07, 6.45) is 0.996. The third kappa shape index (κ3) is 3.40. The largest absolute Gasteiger partial charge is 0.465 e.